The van der Waals surface area contributed by atoms with E-state index in [9.17, 15) is 18.0 Å². The number of benzene rings is 1. The summed E-state index contributed by atoms with van der Waals surface area (Å²) in [6.07, 6.45) is 3.00. The van der Waals surface area contributed by atoms with Gasteiger partial charge in [-0.25, -0.2) is 8.42 Å². The van der Waals surface area contributed by atoms with E-state index in [1.54, 1.807) is 28.8 Å². The number of fused-ring (bicyclic) bond motifs is 1. The van der Waals surface area contributed by atoms with Gasteiger partial charge in [-0.05, 0) is 56.4 Å². The molecular formula is C20H27N3O4S2. The third kappa shape index (κ3) is 3.80. The van der Waals surface area contributed by atoms with Crippen LogP contribution >= 0.6 is 11.8 Å². The Bertz CT molecular complexity index is 910. The van der Waals surface area contributed by atoms with Crippen molar-refractivity contribution in [3.8, 4) is 0 Å². The van der Waals surface area contributed by atoms with E-state index in [1.165, 1.54) is 16.4 Å². The monoisotopic (exact) mass is 437 g/mol. The molecular weight excluding hydrogens is 410 g/mol. The fourth-order valence-corrected chi connectivity index (χ4v) is 7.23. The second-order valence-corrected chi connectivity index (χ2v) is 11.8. The molecule has 0 aliphatic carbocycles. The number of nitrogens with one attached hydrogen (secondary N) is 1. The number of hydrogen-bond acceptors (Lipinski definition) is 5. The lowest BCUT2D eigenvalue weighted by atomic mass is 10.0. The Hall–Kier alpha value is -1.58. The fourth-order valence-electron chi connectivity index (χ4n) is 4.32. The molecule has 0 aromatic heterocycles. The van der Waals surface area contributed by atoms with Crippen molar-refractivity contribution in [1.82, 2.24) is 9.21 Å². The number of piperidine rings is 1. The first-order valence-electron chi connectivity index (χ1n) is 10.1. The summed E-state index contributed by atoms with van der Waals surface area (Å²) in [5.41, 5.74) is 0.534. The molecule has 3 aliphatic rings. The van der Waals surface area contributed by atoms with Crippen LogP contribution in [0.2, 0.25) is 0 Å². The van der Waals surface area contributed by atoms with Crippen molar-refractivity contribution in [2.24, 2.45) is 5.92 Å². The highest BCUT2D eigenvalue weighted by atomic mass is 32.2. The van der Waals surface area contributed by atoms with Gasteiger partial charge in [0, 0.05) is 31.0 Å². The lowest BCUT2D eigenvalue weighted by Crippen LogP contribution is -2.48. The Morgan fingerprint density at radius 1 is 1.21 bits per heavy atom. The molecule has 3 aliphatic heterocycles. The van der Waals surface area contributed by atoms with E-state index < -0.39 is 16.1 Å². The van der Waals surface area contributed by atoms with Crippen LogP contribution in [-0.4, -0.2) is 59.2 Å². The first kappa shape index (κ1) is 20.7. The number of anilines is 1. The molecule has 158 valence electrons. The van der Waals surface area contributed by atoms with E-state index in [2.05, 4.69) is 12.2 Å². The number of nitrogens with zero attached hydrogens (tertiary/aromatic N) is 2. The fraction of sp³-hybridized carbons (Fsp3) is 0.600. The van der Waals surface area contributed by atoms with Crippen LogP contribution in [0.5, 0.6) is 0 Å². The van der Waals surface area contributed by atoms with Gasteiger partial charge >= 0.3 is 0 Å². The number of sulfonamides is 1. The van der Waals surface area contributed by atoms with Crippen molar-refractivity contribution < 1.29 is 18.0 Å². The van der Waals surface area contributed by atoms with Crippen LogP contribution in [0.3, 0.4) is 0 Å². The summed E-state index contributed by atoms with van der Waals surface area (Å²) in [5, 5.41) is 2.84. The van der Waals surface area contributed by atoms with E-state index in [4.69, 9.17) is 0 Å². The second-order valence-electron chi connectivity index (χ2n) is 8.37. The highest BCUT2D eigenvalue weighted by Crippen LogP contribution is 2.47. The maximum Gasteiger partial charge on any atom is 0.248 e. The van der Waals surface area contributed by atoms with Gasteiger partial charge in [0.15, 0.2) is 0 Å². The zero-order chi connectivity index (χ0) is 20.8. The minimum Gasteiger partial charge on any atom is -0.324 e. The second kappa shape index (κ2) is 7.59. The van der Waals surface area contributed by atoms with Crippen molar-refractivity contribution in [3.05, 3.63) is 24.3 Å². The van der Waals surface area contributed by atoms with Crippen LogP contribution in [0, 0.1) is 5.92 Å². The molecule has 2 atom stereocenters. The summed E-state index contributed by atoms with van der Waals surface area (Å²) in [6.45, 7) is 5.24. The normalized spacial score (nSPS) is 28.6. The standard InChI is InChI=1S/C20H27N3O4S2/c1-14-8-11-22(12-9-14)29(26,27)16-5-3-15(4-6-16)21-19(25)17-13-28-20(2)10-7-18(24)23(17)20/h3-6,14,17H,7-13H2,1-2H3,(H,21,25)/t17-,20-/m1/s1. The Morgan fingerprint density at radius 3 is 2.52 bits per heavy atom. The number of rotatable bonds is 4. The first-order chi connectivity index (χ1) is 13.7. The predicted molar refractivity (Wildman–Crippen MR) is 113 cm³/mol. The number of thioether (sulfide) groups is 1. The van der Waals surface area contributed by atoms with Crippen molar-refractivity contribution in [3.63, 3.8) is 0 Å². The molecule has 1 aromatic carbocycles. The van der Waals surface area contributed by atoms with Gasteiger partial charge in [0.1, 0.15) is 6.04 Å². The minimum atomic E-state index is -3.51. The Morgan fingerprint density at radius 2 is 1.86 bits per heavy atom. The Balaban J connectivity index is 1.43. The molecule has 4 rings (SSSR count). The molecule has 0 radical (unpaired) electrons. The summed E-state index contributed by atoms with van der Waals surface area (Å²) in [5.74, 6) is 0.928. The summed E-state index contributed by atoms with van der Waals surface area (Å²) in [7, 11) is -3.51. The van der Waals surface area contributed by atoms with Gasteiger partial charge in [0.25, 0.3) is 0 Å². The van der Waals surface area contributed by atoms with Crippen LogP contribution in [0.25, 0.3) is 0 Å². The van der Waals surface area contributed by atoms with Gasteiger partial charge < -0.3 is 10.2 Å². The molecule has 7 nitrogen and oxygen atoms in total. The summed E-state index contributed by atoms with van der Waals surface area (Å²) in [6, 6.07) is 5.82. The average Bonchev–Trinajstić information content (AvgIpc) is 3.18. The summed E-state index contributed by atoms with van der Waals surface area (Å²) >= 11 is 1.65. The van der Waals surface area contributed by atoms with Gasteiger partial charge in [-0.3, -0.25) is 9.59 Å². The van der Waals surface area contributed by atoms with Crippen LogP contribution in [0.1, 0.15) is 39.5 Å². The number of amides is 2. The number of carbonyl (C=O) groups is 2. The molecule has 9 heteroatoms. The van der Waals surface area contributed by atoms with Crippen LogP contribution < -0.4 is 5.32 Å². The van der Waals surface area contributed by atoms with E-state index >= 15 is 0 Å². The third-order valence-corrected chi connectivity index (χ3v) is 9.67. The van der Waals surface area contributed by atoms with Crippen molar-refractivity contribution in [2.45, 2.75) is 55.3 Å². The van der Waals surface area contributed by atoms with E-state index in [0.717, 1.165) is 19.3 Å². The predicted octanol–water partition coefficient (Wildman–Crippen LogP) is 2.50. The third-order valence-electron chi connectivity index (χ3n) is 6.25. The Kier molecular flexibility index (Phi) is 5.41. The first-order valence-corrected chi connectivity index (χ1v) is 12.5. The number of carbonyl (C=O) groups excluding carboxylic acids is 2. The maximum atomic E-state index is 12.8. The summed E-state index contributed by atoms with van der Waals surface area (Å²) in [4.78, 5) is 26.6. The van der Waals surface area contributed by atoms with E-state index in [1.807, 2.05) is 6.92 Å². The van der Waals surface area contributed by atoms with Crippen molar-refractivity contribution in [2.75, 3.05) is 24.2 Å². The quantitative estimate of drug-likeness (QED) is 0.782. The summed E-state index contributed by atoms with van der Waals surface area (Å²) < 4.78 is 27.2. The highest BCUT2D eigenvalue weighted by molar-refractivity contribution is 8.01. The average molecular weight is 438 g/mol. The Labute approximate surface area is 176 Å². The van der Waals surface area contributed by atoms with Gasteiger partial charge in [-0.15, -0.1) is 11.8 Å². The van der Waals surface area contributed by atoms with Gasteiger partial charge in [-0.2, -0.15) is 4.31 Å². The molecule has 2 amide bonds. The smallest absolute Gasteiger partial charge is 0.248 e. The zero-order valence-electron chi connectivity index (χ0n) is 16.8. The van der Waals surface area contributed by atoms with Gasteiger partial charge in [-0.1, -0.05) is 6.92 Å². The SMILES string of the molecule is CC1CCN(S(=O)(=O)c2ccc(NC(=O)[C@H]3CS[C@]4(C)CCC(=O)N34)cc2)CC1. The molecule has 29 heavy (non-hydrogen) atoms. The molecule has 0 unspecified atom stereocenters. The van der Waals surface area contributed by atoms with Crippen molar-refractivity contribution >= 4 is 39.3 Å². The van der Waals surface area contributed by atoms with Crippen molar-refractivity contribution in [1.29, 1.82) is 0 Å². The van der Waals surface area contributed by atoms with Crippen LogP contribution in [-0.2, 0) is 19.6 Å². The molecule has 1 aromatic rings. The largest absolute Gasteiger partial charge is 0.324 e. The molecule has 1 N–H and O–H groups in total. The van der Waals surface area contributed by atoms with Gasteiger partial charge in [0.2, 0.25) is 21.8 Å². The van der Waals surface area contributed by atoms with E-state index in [0.29, 0.717) is 36.9 Å². The molecule has 0 spiro atoms. The van der Waals surface area contributed by atoms with Crippen LogP contribution in [0.4, 0.5) is 5.69 Å². The van der Waals surface area contributed by atoms with E-state index in [-0.39, 0.29) is 21.6 Å². The number of hydrogen-bond donors (Lipinski definition) is 1. The topological polar surface area (TPSA) is 86.8 Å². The minimum absolute atomic E-state index is 0.0231. The lowest BCUT2D eigenvalue weighted by molar-refractivity contribution is -0.135. The molecule has 0 saturated carbocycles. The maximum absolute atomic E-state index is 12.8. The lowest BCUT2D eigenvalue weighted by Gasteiger charge is -2.30. The highest BCUT2D eigenvalue weighted by Gasteiger charge is 2.52. The molecule has 3 heterocycles. The van der Waals surface area contributed by atoms with Crippen LogP contribution in [0.15, 0.2) is 29.2 Å². The zero-order valence-corrected chi connectivity index (χ0v) is 18.4. The molecule has 3 fully saturated rings. The molecule has 3 saturated heterocycles. The van der Waals surface area contributed by atoms with Gasteiger partial charge in [0.05, 0.1) is 9.77 Å². The molecule has 0 bridgehead atoms.